The fourth-order valence-electron chi connectivity index (χ4n) is 2.47. The summed E-state index contributed by atoms with van der Waals surface area (Å²) in [5.41, 5.74) is 0. The molecule has 4 heteroatoms. The van der Waals surface area contributed by atoms with E-state index in [2.05, 4.69) is 38.8 Å². The molecule has 0 atom stereocenters. The standard InChI is InChI=1S/C17H29NO2Si/c1-17(2,3)21(4,5)20-16-8-6-14(7-9-16)19-15-10-12-18-13-11-15/h10-14,16H,6-9H2,1-5H3. The predicted molar refractivity (Wildman–Crippen MR) is 89.2 cm³/mol. The van der Waals surface area contributed by atoms with E-state index in [-0.39, 0.29) is 5.04 Å². The maximum atomic E-state index is 6.52. The second kappa shape index (κ2) is 6.49. The Labute approximate surface area is 130 Å². The lowest BCUT2D eigenvalue weighted by Crippen LogP contribution is -2.45. The molecule has 0 bridgehead atoms. The van der Waals surface area contributed by atoms with Crippen LogP contribution in [0.5, 0.6) is 5.75 Å². The third-order valence-corrected chi connectivity index (χ3v) is 9.38. The van der Waals surface area contributed by atoms with E-state index in [1.165, 1.54) is 0 Å². The van der Waals surface area contributed by atoms with Gasteiger partial charge >= 0.3 is 0 Å². The molecule has 1 heterocycles. The van der Waals surface area contributed by atoms with Crippen LogP contribution >= 0.6 is 0 Å². The van der Waals surface area contributed by atoms with Crippen molar-refractivity contribution in [2.45, 2.75) is 76.8 Å². The van der Waals surface area contributed by atoms with Crippen molar-refractivity contribution in [2.24, 2.45) is 0 Å². The van der Waals surface area contributed by atoms with Gasteiger partial charge in [0.1, 0.15) is 5.75 Å². The van der Waals surface area contributed by atoms with Crippen molar-refractivity contribution in [1.29, 1.82) is 0 Å². The molecule has 0 N–H and O–H groups in total. The fourth-order valence-corrected chi connectivity index (χ4v) is 3.89. The van der Waals surface area contributed by atoms with Crippen LogP contribution in [0.15, 0.2) is 24.5 Å². The number of nitrogens with zero attached hydrogens (tertiary/aromatic N) is 1. The zero-order valence-electron chi connectivity index (χ0n) is 14.1. The Hall–Kier alpha value is -0.873. The normalized spacial score (nSPS) is 23.9. The Balaban J connectivity index is 1.81. The summed E-state index contributed by atoms with van der Waals surface area (Å²) in [6.45, 7) is 11.6. The van der Waals surface area contributed by atoms with Crippen LogP contribution in [0.3, 0.4) is 0 Å². The summed E-state index contributed by atoms with van der Waals surface area (Å²) in [4.78, 5) is 4.02. The fraction of sp³-hybridized carbons (Fsp3) is 0.706. The van der Waals surface area contributed by atoms with E-state index in [0.29, 0.717) is 12.2 Å². The zero-order valence-corrected chi connectivity index (χ0v) is 15.1. The molecule has 118 valence electrons. The van der Waals surface area contributed by atoms with Crippen LogP contribution in [0.25, 0.3) is 0 Å². The van der Waals surface area contributed by atoms with Gasteiger partial charge in [-0.1, -0.05) is 20.8 Å². The third kappa shape index (κ3) is 4.55. The van der Waals surface area contributed by atoms with Crippen molar-refractivity contribution in [3.05, 3.63) is 24.5 Å². The van der Waals surface area contributed by atoms with Gasteiger partial charge < -0.3 is 9.16 Å². The first-order valence-electron chi connectivity index (χ1n) is 8.02. The van der Waals surface area contributed by atoms with Crippen LogP contribution in [-0.4, -0.2) is 25.5 Å². The van der Waals surface area contributed by atoms with Crippen molar-refractivity contribution in [3.8, 4) is 5.75 Å². The van der Waals surface area contributed by atoms with Crippen LogP contribution in [0.1, 0.15) is 46.5 Å². The first-order chi connectivity index (χ1) is 9.78. The molecule has 1 aliphatic carbocycles. The van der Waals surface area contributed by atoms with E-state index in [9.17, 15) is 0 Å². The molecule has 0 radical (unpaired) electrons. The Bertz CT molecular complexity index is 434. The van der Waals surface area contributed by atoms with Crippen LogP contribution in [0.4, 0.5) is 0 Å². The highest BCUT2D eigenvalue weighted by atomic mass is 28.4. The molecule has 1 aliphatic rings. The summed E-state index contributed by atoms with van der Waals surface area (Å²) < 4.78 is 12.5. The molecule has 3 nitrogen and oxygen atoms in total. The van der Waals surface area contributed by atoms with Gasteiger partial charge in [-0.15, -0.1) is 0 Å². The number of rotatable bonds is 4. The molecule has 0 unspecified atom stereocenters. The summed E-state index contributed by atoms with van der Waals surface area (Å²) in [5.74, 6) is 0.929. The van der Waals surface area contributed by atoms with E-state index < -0.39 is 8.32 Å². The van der Waals surface area contributed by atoms with Crippen molar-refractivity contribution in [3.63, 3.8) is 0 Å². The Kier molecular flexibility index (Phi) is 5.10. The van der Waals surface area contributed by atoms with Crippen molar-refractivity contribution in [2.75, 3.05) is 0 Å². The summed E-state index contributed by atoms with van der Waals surface area (Å²) in [5, 5.41) is 0.289. The smallest absolute Gasteiger partial charge is 0.192 e. The third-order valence-electron chi connectivity index (χ3n) is 4.84. The lowest BCUT2D eigenvalue weighted by molar-refractivity contribution is 0.0725. The maximum absolute atomic E-state index is 6.52. The number of aromatic nitrogens is 1. The molecule has 2 rings (SSSR count). The minimum atomic E-state index is -1.64. The van der Waals surface area contributed by atoms with E-state index in [0.717, 1.165) is 31.4 Å². The Morgan fingerprint density at radius 2 is 1.52 bits per heavy atom. The van der Waals surface area contributed by atoms with Gasteiger partial charge in [-0.25, -0.2) is 0 Å². The molecular formula is C17H29NO2Si. The second-order valence-electron chi connectivity index (χ2n) is 7.58. The van der Waals surface area contributed by atoms with E-state index >= 15 is 0 Å². The monoisotopic (exact) mass is 307 g/mol. The topological polar surface area (TPSA) is 31.4 Å². The molecule has 1 aromatic rings. The molecular weight excluding hydrogens is 278 g/mol. The van der Waals surface area contributed by atoms with Gasteiger partial charge in [0, 0.05) is 18.5 Å². The average Bonchev–Trinajstić information content (AvgIpc) is 2.41. The molecule has 0 spiro atoms. The zero-order chi connectivity index (χ0) is 15.5. The number of hydrogen-bond donors (Lipinski definition) is 0. The minimum absolute atomic E-state index is 0.289. The van der Waals surface area contributed by atoms with Gasteiger partial charge in [-0.2, -0.15) is 0 Å². The van der Waals surface area contributed by atoms with Crippen molar-refractivity contribution >= 4 is 8.32 Å². The molecule has 0 aromatic carbocycles. The van der Waals surface area contributed by atoms with Crippen LogP contribution < -0.4 is 4.74 Å². The van der Waals surface area contributed by atoms with Crippen molar-refractivity contribution < 1.29 is 9.16 Å². The molecule has 0 amide bonds. The second-order valence-corrected chi connectivity index (χ2v) is 12.3. The summed E-state index contributed by atoms with van der Waals surface area (Å²) >= 11 is 0. The summed E-state index contributed by atoms with van der Waals surface area (Å²) in [6, 6.07) is 3.86. The maximum Gasteiger partial charge on any atom is 0.192 e. The van der Waals surface area contributed by atoms with Gasteiger partial charge in [0.15, 0.2) is 8.32 Å². The largest absolute Gasteiger partial charge is 0.490 e. The van der Waals surface area contributed by atoms with Crippen LogP contribution in [-0.2, 0) is 4.43 Å². The van der Waals surface area contributed by atoms with Crippen LogP contribution in [0.2, 0.25) is 18.1 Å². The molecule has 21 heavy (non-hydrogen) atoms. The number of ether oxygens (including phenoxy) is 1. The minimum Gasteiger partial charge on any atom is -0.490 e. The van der Waals surface area contributed by atoms with Gasteiger partial charge in [0.2, 0.25) is 0 Å². The number of hydrogen-bond acceptors (Lipinski definition) is 3. The SMILES string of the molecule is CC(C)(C)[Si](C)(C)OC1CCC(Oc2ccncc2)CC1. The highest BCUT2D eigenvalue weighted by molar-refractivity contribution is 6.74. The summed E-state index contributed by atoms with van der Waals surface area (Å²) in [7, 11) is -1.64. The van der Waals surface area contributed by atoms with Gasteiger partial charge in [0.05, 0.1) is 6.10 Å². The molecule has 1 aromatic heterocycles. The molecule has 0 saturated heterocycles. The highest BCUT2D eigenvalue weighted by Gasteiger charge is 2.39. The van der Waals surface area contributed by atoms with E-state index in [4.69, 9.17) is 9.16 Å². The molecule has 1 fully saturated rings. The van der Waals surface area contributed by atoms with E-state index in [1.54, 1.807) is 12.4 Å². The lowest BCUT2D eigenvalue weighted by atomic mass is 9.95. The molecule has 1 saturated carbocycles. The quantitative estimate of drug-likeness (QED) is 0.749. The summed E-state index contributed by atoms with van der Waals surface area (Å²) in [6.07, 6.45) is 8.70. The van der Waals surface area contributed by atoms with E-state index in [1.807, 2.05) is 12.1 Å². The first kappa shape index (κ1) is 16.5. The van der Waals surface area contributed by atoms with Crippen LogP contribution in [0, 0.1) is 0 Å². The van der Waals surface area contributed by atoms with Crippen molar-refractivity contribution in [1.82, 2.24) is 4.98 Å². The average molecular weight is 308 g/mol. The highest BCUT2D eigenvalue weighted by Crippen LogP contribution is 2.39. The lowest BCUT2D eigenvalue weighted by Gasteiger charge is -2.41. The number of pyridine rings is 1. The van der Waals surface area contributed by atoms with Gasteiger partial charge in [-0.3, -0.25) is 4.98 Å². The Morgan fingerprint density at radius 1 is 1.00 bits per heavy atom. The first-order valence-corrected chi connectivity index (χ1v) is 10.9. The predicted octanol–water partition coefficient (Wildman–Crippen LogP) is 4.79. The van der Waals surface area contributed by atoms with Gasteiger partial charge in [-0.05, 0) is 55.9 Å². The van der Waals surface area contributed by atoms with Gasteiger partial charge in [0.25, 0.3) is 0 Å². The molecule has 0 aliphatic heterocycles. The Morgan fingerprint density at radius 3 is 2.05 bits per heavy atom.